The van der Waals surface area contributed by atoms with Gasteiger partial charge in [-0.1, -0.05) is 32.3 Å². The maximum Gasteiger partial charge on any atom is 0.338 e. The molecular weight excluding hydrogens is 240 g/mol. The van der Waals surface area contributed by atoms with Gasteiger partial charge in [0, 0.05) is 25.7 Å². The Morgan fingerprint density at radius 2 is 1.68 bits per heavy atom. The van der Waals surface area contributed by atoms with E-state index in [1.54, 1.807) is 14.0 Å². The van der Waals surface area contributed by atoms with Crippen LogP contribution in [0.4, 0.5) is 0 Å². The van der Waals surface area contributed by atoms with Crippen LogP contribution in [-0.2, 0) is 14.3 Å². The lowest BCUT2D eigenvalue weighted by Crippen LogP contribution is -2.04. The molecule has 0 bridgehead atoms. The number of allylic oxidation sites excluding steroid dienone is 2. The summed E-state index contributed by atoms with van der Waals surface area (Å²) in [5, 5.41) is 0. The van der Waals surface area contributed by atoms with Crippen LogP contribution in [0.2, 0.25) is 0 Å². The predicted octanol–water partition coefficient (Wildman–Crippen LogP) is 4.39. The topological polar surface area (TPSA) is 35.5 Å². The average molecular weight is 268 g/mol. The molecule has 3 heteroatoms. The van der Waals surface area contributed by atoms with Crippen molar-refractivity contribution in [2.45, 2.75) is 58.8 Å². The van der Waals surface area contributed by atoms with Gasteiger partial charge in [-0.25, -0.2) is 4.79 Å². The minimum Gasteiger partial charge on any atom is -0.428 e. The molecule has 3 nitrogen and oxygen atoms in total. The quantitative estimate of drug-likeness (QED) is 0.241. The maximum atomic E-state index is 11.4. The molecule has 110 valence electrons. The minimum atomic E-state index is -0.326. The second-order valence-electron chi connectivity index (χ2n) is 4.79. The highest BCUT2D eigenvalue weighted by Crippen LogP contribution is 2.14. The molecule has 0 saturated heterocycles. The number of ether oxygens (including phenoxy) is 2. The molecule has 19 heavy (non-hydrogen) atoms. The van der Waals surface area contributed by atoms with Crippen molar-refractivity contribution in [1.29, 1.82) is 0 Å². The Morgan fingerprint density at radius 3 is 2.21 bits per heavy atom. The summed E-state index contributed by atoms with van der Waals surface area (Å²) in [6.45, 7) is 7.99. The molecule has 0 atom stereocenters. The van der Waals surface area contributed by atoms with E-state index in [1.807, 2.05) is 13.0 Å². The molecule has 0 spiro atoms. The third kappa shape index (κ3) is 10.5. The zero-order valence-electron chi connectivity index (χ0n) is 12.7. The third-order valence-electron chi connectivity index (χ3n) is 2.92. The van der Waals surface area contributed by atoms with E-state index >= 15 is 0 Å². The Morgan fingerprint density at radius 1 is 1.11 bits per heavy atom. The second kappa shape index (κ2) is 12.0. The number of unbranched alkanes of at least 4 members (excludes halogenated alkanes) is 5. The number of hydrogen-bond donors (Lipinski definition) is 0. The number of esters is 1. The van der Waals surface area contributed by atoms with Crippen LogP contribution in [0.15, 0.2) is 24.0 Å². The number of carbonyl (C=O) groups is 1. The first-order chi connectivity index (χ1) is 9.11. The average Bonchev–Trinajstić information content (AvgIpc) is 2.39. The molecule has 0 radical (unpaired) electrons. The Labute approximate surface area is 117 Å². The van der Waals surface area contributed by atoms with Crippen molar-refractivity contribution in [2.24, 2.45) is 0 Å². The fourth-order valence-electron chi connectivity index (χ4n) is 1.71. The van der Waals surface area contributed by atoms with Gasteiger partial charge in [0.15, 0.2) is 0 Å². The highest BCUT2D eigenvalue weighted by molar-refractivity contribution is 5.87. The monoisotopic (exact) mass is 268 g/mol. The molecule has 0 rings (SSSR count). The van der Waals surface area contributed by atoms with Gasteiger partial charge in [0.25, 0.3) is 0 Å². The van der Waals surface area contributed by atoms with E-state index in [0.717, 1.165) is 31.6 Å². The van der Waals surface area contributed by atoms with Gasteiger partial charge in [-0.05, 0) is 32.8 Å². The van der Waals surface area contributed by atoms with Crippen molar-refractivity contribution in [3.8, 4) is 0 Å². The largest absolute Gasteiger partial charge is 0.428 e. The third-order valence-corrected chi connectivity index (χ3v) is 2.92. The molecule has 0 aliphatic carbocycles. The molecule has 0 heterocycles. The van der Waals surface area contributed by atoms with Crippen molar-refractivity contribution < 1.29 is 14.3 Å². The first-order valence-corrected chi connectivity index (χ1v) is 7.13. The van der Waals surface area contributed by atoms with Crippen LogP contribution in [-0.4, -0.2) is 19.7 Å². The van der Waals surface area contributed by atoms with E-state index < -0.39 is 0 Å². The maximum absolute atomic E-state index is 11.4. The van der Waals surface area contributed by atoms with Crippen molar-refractivity contribution >= 4 is 5.97 Å². The molecule has 0 N–H and O–H groups in total. The summed E-state index contributed by atoms with van der Waals surface area (Å²) in [4.78, 5) is 11.4. The summed E-state index contributed by atoms with van der Waals surface area (Å²) in [7, 11) is 1.74. The van der Waals surface area contributed by atoms with E-state index in [0.29, 0.717) is 5.57 Å². The van der Waals surface area contributed by atoms with Crippen LogP contribution in [0.25, 0.3) is 0 Å². The van der Waals surface area contributed by atoms with Gasteiger partial charge in [0.05, 0.1) is 0 Å². The van der Waals surface area contributed by atoms with Crippen LogP contribution in [0.3, 0.4) is 0 Å². The number of methoxy groups -OCH3 is 1. The van der Waals surface area contributed by atoms with E-state index in [1.165, 1.54) is 25.7 Å². The molecule has 0 aliphatic rings. The molecule has 0 aromatic rings. The van der Waals surface area contributed by atoms with Gasteiger partial charge in [-0.2, -0.15) is 0 Å². The summed E-state index contributed by atoms with van der Waals surface area (Å²) < 4.78 is 10.2. The van der Waals surface area contributed by atoms with Gasteiger partial charge in [-0.15, -0.1) is 0 Å². The standard InChI is InChI=1S/C16H28O3/c1-5-15(19-16(17)14(2)3)12-10-8-6-7-9-11-13-18-4/h5H,2,6-13H2,1,3-4H3/b15-5-. The van der Waals surface area contributed by atoms with Crippen LogP contribution in [0.5, 0.6) is 0 Å². The van der Waals surface area contributed by atoms with E-state index in [-0.39, 0.29) is 5.97 Å². The Balaban J connectivity index is 3.58. The Hall–Kier alpha value is -1.09. The van der Waals surface area contributed by atoms with Crippen LogP contribution < -0.4 is 0 Å². The molecule has 0 amide bonds. The normalized spacial score (nSPS) is 11.4. The fraction of sp³-hybridized carbons (Fsp3) is 0.688. The number of carbonyl (C=O) groups excluding carboxylic acids is 1. The molecule has 0 aromatic heterocycles. The summed E-state index contributed by atoms with van der Waals surface area (Å²) in [6.07, 6.45) is 9.78. The Bertz CT molecular complexity index is 292. The summed E-state index contributed by atoms with van der Waals surface area (Å²) >= 11 is 0. The summed E-state index contributed by atoms with van der Waals surface area (Å²) in [6, 6.07) is 0. The molecule has 0 saturated carbocycles. The minimum absolute atomic E-state index is 0.326. The molecule has 0 fully saturated rings. The van der Waals surface area contributed by atoms with Crippen LogP contribution in [0, 0.1) is 0 Å². The molecular formula is C16H28O3. The van der Waals surface area contributed by atoms with E-state index in [2.05, 4.69) is 6.58 Å². The first kappa shape index (κ1) is 17.9. The number of hydrogen-bond acceptors (Lipinski definition) is 3. The van der Waals surface area contributed by atoms with Crippen molar-refractivity contribution in [2.75, 3.05) is 13.7 Å². The lowest BCUT2D eigenvalue weighted by molar-refractivity contribution is -0.135. The van der Waals surface area contributed by atoms with Gasteiger partial charge in [-0.3, -0.25) is 0 Å². The predicted molar refractivity (Wildman–Crippen MR) is 78.9 cm³/mol. The molecule has 0 aromatic carbocycles. The highest BCUT2D eigenvalue weighted by atomic mass is 16.5. The Kier molecular flexibility index (Phi) is 11.3. The van der Waals surface area contributed by atoms with Crippen molar-refractivity contribution in [3.05, 3.63) is 24.0 Å². The van der Waals surface area contributed by atoms with E-state index in [4.69, 9.17) is 9.47 Å². The zero-order chi connectivity index (χ0) is 14.5. The van der Waals surface area contributed by atoms with Gasteiger partial charge in [0.1, 0.15) is 5.76 Å². The van der Waals surface area contributed by atoms with Crippen molar-refractivity contribution in [3.63, 3.8) is 0 Å². The lowest BCUT2D eigenvalue weighted by Gasteiger charge is -2.08. The van der Waals surface area contributed by atoms with Crippen LogP contribution >= 0.6 is 0 Å². The molecule has 0 aliphatic heterocycles. The summed E-state index contributed by atoms with van der Waals surface area (Å²) in [5.74, 6) is 0.431. The van der Waals surface area contributed by atoms with E-state index in [9.17, 15) is 4.79 Å². The van der Waals surface area contributed by atoms with Gasteiger partial charge >= 0.3 is 5.97 Å². The number of rotatable bonds is 11. The summed E-state index contributed by atoms with van der Waals surface area (Å²) in [5.41, 5.74) is 0.442. The van der Waals surface area contributed by atoms with Gasteiger partial charge in [0.2, 0.25) is 0 Å². The second-order valence-corrected chi connectivity index (χ2v) is 4.79. The van der Waals surface area contributed by atoms with Crippen LogP contribution in [0.1, 0.15) is 58.8 Å². The zero-order valence-corrected chi connectivity index (χ0v) is 12.7. The molecule has 0 unspecified atom stereocenters. The SMILES string of the molecule is C=C(C)C(=O)O/C(=C\C)CCCCCCCCOC. The van der Waals surface area contributed by atoms with Gasteiger partial charge < -0.3 is 9.47 Å². The lowest BCUT2D eigenvalue weighted by atomic mass is 10.1. The fourth-order valence-corrected chi connectivity index (χ4v) is 1.71. The first-order valence-electron chi connectivity index (χ1n) is 7.13. The van der Waals surface area contributed by atoms with Crippen molar-refractivity contribution in [1.82, 2.24) is 0 Å². The smallest absolute Gasteiger partial charge is 0.338 e. The highest BCUT2D eigenvalue weighted by Gasteiger charge is 2.06.